The number of nitrogens with one attached hydrogen (secondary N) is 3. The summed E-state index contributed by atoms with van der Waals surface area (Å²) < 4.78 is 6.12. The molecular weight excluding hydrogens is 534 g/mol. The highest BCUT2D eigenvalue weighted by molar-refractivity contribution is 7.98. The van der Waals surface area contributed by atoms with Crippen LogP contribution in [-0.4, -0.2) is 61.7 Å². The number of hydrogen-bond acceptors (Lipinski definition) is 8. The summed E-state index contributed by atoms with van der Waals surface area (Å²) in [5.74, 6) is 1.79. The maximum absolute atomic E-state index is 13.2. The Hall–Kier alpha value is -3.21. The van der Waals surface area contributed by atoms with Crippen LogP contribution in [0.2, 0.25) is 5.15 Å². The van der Waals surface area contributed by atoms with Gasteiger partial charge in [0.1, 0.15) is 18.0 Å². The minimum Gasteiger partial charge on any atom is -0.454 e. The van der Waals surface area contributed by atoms with E-state index in [-0.39, 0.29) is 5.97 Å². The molecule has 0 fully saturated rings. The molecule has 0 aliphatic rings. The van der Waals surface area contributed by atoms with Crippen LogP contribution in [0.15, 0.2) is 48.5 Å². The smallest absolute Gasteiger partial charge is 0.323 e. The van der Waals surface area contributed by atoms with Crippen molar-refractivity contribution in [2.24, 2.45) is 0 Å². The monoisotopic (exact) mass is 567 g/mol. The summed E-state index contributed by atoms with van der Waals surface area (Å²) in [5.41, 5.74) is 4.37. The topological polar surface area (TPSA) is 121 Å². The van der Waals surface area contributed by atoms with Crippen LogP contribution in [0.4, 0.5) is 0 Å². The Labute approximate surface area is 237 Å². The number of aromatic amines is 2. The lowest BCUT2D eigenvalue weighted by atomic mass is 9.95. The molecule has 2 aromatic carbocycles. The van der Waals surface area contributed by atoms with Crippen molar-refractivity contribution >= 4 is 29.3 Å². The van der Waals surface area contributed by atoms with Crippen LogP contribution in [0.5, 0.6) is 0 Å². The number of hydrogen-bond donors (Lipinski definition) is 3. The molecule has 11 heteroatoms. The fourth-order valence-corrected chi connectivity index (χ4v) is 5.14. The summed E-state index contributed by atoms with van der Waals surface area (Å²) in [6.45, 7) is 2.13. The number of likely N-dealkylation sites (N-methyl/N-ethyl adjacent to an activating group) is 1. The largest absolute Gasteiger partial charge is 0.454 e. The van der Waals surface area contributed by atoms with Crippen LogP contribution in [0, 0.1) is 0 Å². The summed E-state index contributed by atoms with van der Waals surface area (Å²) in [6, 6.07) is 15.7. The number of carbonyl (C=O) groups excluding carboxylic acids is 1. The minimum atomic E-state index is -0.654. The van der Waals surface area contributed by atoms with Gasteiger partial charge in [-0.3, -0.25) is 4.79 Å². The first-order valence-electron chi connectivity index (χ1n) is 13.1. The molecule has 0 saturated carbocycles. The van der Waals surface area contributed by atoms with Crippen LogP contribution in [0.3, 0.4) is 0 Å². The lowest BCUT2D eigenvalue weighted by Crippen LogP contribution is -2.37. The van der Waals surface area contributed by atoms with Gasteiger partial charge in [-0.25, -0.2) is 4.98 Å². The molecule has 9 nitrogen and oxygen atoms in total. The Balaban J connectivity index is 1.69. The van der Waals surface area contributed by atoms with Gasteiger partial charge in [0.2, 0.25) is 5.82 Å². The van der Waals surface area contributed by atoms with Crippen molar-refractivity contribution in [3.05, 3.63) is 70.8 Å². The molecule has 2 atom stereocenters. The van der Waals surface area contributed by atoms with Gasteiger partial charge < -0.3 is 15.0 Å². The van der Waals surface area contributed by atoms with Gasteiger partial charge in [-0.15, -0.1) is 10.2 Å². The summed E-state index contributed by atoms with van der Waals surface area (Å²) in [4.78, 5) is 21.1. The van der Waals surface area contributed by atoms with E-state index in [0.717, 1.165) is 53.1 Å². The maximum atomic E-state index is 13.2. The van der Waals surface area contributed by atoms with Gasteiger partial charge in [-0.05, 0) is 59.9 Å². The fourth-order valence-electron chi connectivity index (χ4n) is 4.39. The molecule has 0 aliphatic heterocycles. The number of benzene rings is 2. The third kappa shape index (κ3) is 7.46. The van der Waals surface area contributed by atoms with Gasteiger partial charge in [-0.2, -0.15) is 17.0 Å². The van der Waals surface area contributed by atoms with Gasteiger partial charge in [0.05, 0.1) is 5.69 Å². The number of carbonyl (C=O) groups is 1. The van der Waals surface area contributed by atoms with Gasteiger partial charge in [-0.1, -0.05) is 67.4 Å². The normalized spacial score (nSPS) is 12.8. The molecule has 0 radical (unpaired) electrons. The number of halogens is 1. The van der Waals surface area contributed by atoms with E-state index >= 15 is 0 Å². The molecule has 0 amide bonds. The molecule has 0 aliphatic carbocycles. The zero-order chi connectivity index (χ0) is 27.6. The van der Waals surface area contributed by atoms with Gasteiger partial charge >= 0.3 is 5.97 Å². The second-order valence-electron chi connectivity index (χ2n) is 9.23. The van der Waals surface area contributed by atoms with Crippen molar-refractivity contribution < 1.29 is 9.53 Å². The SMILES string of the molecule is CCCCc1nc(Cl)c([C@@H](Cc2ccc(-c3ccccc3)c(-c3nn[nH]n3)c2)OC(=O)[C@@H](CCSC)NC)[nH]1. The van der Waals surface area contributed by atoms with Crippen LogP contribution in [0.25, 0.3) is 22.5 Å². The van der Waals surface area contributed by atoms with Crippen molar-refractivity contribution in [3.63, 3.8) is 0 Å². The van der Waals surface area contributed by atoms with Gasteiger partial charge in [0.25, 0.3) is 0 Å². The number of H-pyrrole nitrogens is 2. The fraction of sp³-hybridized carbons (Fsp3) is 0.393. The first kappa shape index (κ1) is 28.8. The number of imidazole rings is 1. The number of esters is 1. The van der Waals surface area contributed by atoms with Crippen molar-refractivity contribution in [1.82, 2.24) is 35.9 Å². The molecule has 4 rings (SSSR count). The third-order valence-corrected chi connectivity index (χ3v) is 7.43. The summed E-state index contributed by atoms with van der Waals surface area (Å²) >= 11 is 8.29. The van der Waals surface area contributed by atoms with Crippen molar-refractivity contribution in [2.45, 2.75) is 51.2 Å². The van der Waals surface area contributed by atoms with E-state index < -0.39 is 12.1 Å². The average Bonchev–Trinajstić information content (AvgIpc) is 3.62. The summed E-state index contributed by atoms with van der Waals surface area (Å²) in [7, 11) is 1.77. The van der Waals surface area contributed by atoms with Gasteiger partial charge in [0, 0.05) is 18.4 Å². The van der Waals surface area contributed by atoms with Crippen LogP contribution in [0.1, 0.15) is 49.4 Å². The number of ether oxygens (including phenoxy) is 1. The highest BCUT2D eigenvalue weighted by Gasteiger charge is 2.27. The number of aromatic nitrogens is 6. The standard InChI is InChI=1S/C28H34ClN7O2S/c1-4-5-11-24-31-25(26(29)32-24)23(38-28(37)22(30-2)14-15-39-3)17-18-12-13-20(19-9-7-6-8-10-19)21(16-18)27-33-35-36-34-27/h6-10,12-13,16,22-23,30H,4-5,11,14-15,17H2,1-3H3,(H,31,32)(H,33,34,35,36)/t22-,23-/m1/s1. The predicted molar refractivity (Wildman–Crippen MR) is 156 cm³/mol. The summed E-state index contributed by atoms with van der Waals surface area (Å²) in [6.07, 6.45) is 5.21. The third-order valence-electron chi connectivity index (χ3n) is 6.50. The maximum Gasteiger partial charge on any atom is 0.323 e. The van der Waals surface area contributed by atoms with Crippen LogP contribution < -0.4 is 5.32 Å². The summed E-state index contributed by atoms with van der Waals surface area (Å²) in [5, 5.41) is 18.2. The Morgan fingerprint density at radius 2 is 2.00 bits per heavy atom. The zero-order valence-corrected chi connectivity index (χ0v) is 24.0. The second-order valence-corrected chi connectivity index (χ2v) is 10.6. The number of unbranched alkanes of at least 4 members (excludes halogenated alkanes) is 1. The van der Waals surface area contributed by atoms with Crippen molar-refractivity contribution in [2.75, 3.05) is 19.1 Å². The zero-order valence-electron chi connectivity index (χ0n) is 22.4. The van der Waals surface area contributed by atoms with E-state index in [1.54, 1.807) is 18.8 Å². The lowest BCUT2D eigenvalue weighted by molar-refractivity contribution is -0.152. The number of rotatable bonds is 14. The van der Waals surface area contributed by atoms with E-state index in [4.69, 9.17) is 16.3 Å². The highest BCUT2D eigenvalue weighted by Crippen LogP contribution is 2.34. The molecule has 2 heterocycles. The van der Waals surface area contributed by atoms with Gasteiger partial charge in [0.15, 0.2) is 5.15 Å². The number of thioether (sulfide) groups is 1. The second kappa shape index (κ2) is 14.3. The Morgan fingerprint density at radius 1 is 1.18 bits per heavy atom. The first-order chi connectivity index (χ1) is 19.0. The van der Waals surface area contributed by atoms with Crippen molar-refractivity contribution in [3.8, 4) is 22.5 Å². The Morgan fingerprint density at radius 3 is 2.69 bits per heavy atom. The molecule has 0 unspecified atom stereocenters. The van der Waals surface area contributed by atoms with Crippen molar-refractivity contribution in [1.29, 1.82) is 0 Å². The molecule has 0 bridgehead atoms. The van der Waals surface area contributed by atoms with E-state index in [1.807, 2.05) is 54.8 Å². The number of aryl methyl sites for hydroxylation is 1. The molecule has 206 valence electrons. The minimum absolute atomic E-state index is 0.323. The van der Waals surface area contributed by atoms with Crippen LogP contribution >= 0.6 is 23.4 Å². The van der Waals surface area contributed by atoms with E-state index in [0.29, 0.717) is 29.5 Å². The molecular formula is C28H34ClN7O2S. The molecule has 4 aromatic rings. The molecule has 0 saturated heterocycles. The molecule has 39 heavy (non-hydrogen) atoms. The molecule has 0 spiro atoms. The number of tetrazole rings is 1. The van der Waals surface area contributed by atoms with Crippen LogP contribution in [-0.2, 0) is 22.4 Å². The quantitative estimate of drug-likeness (QED) is 0.173. The Bertz CT molecular complexity index is 1330. The van der Waals surface area contributed by atoms with E-state index in [9.17, 15) is 4.79 Å². The lowest BCUT2D eigenvalue weighted by Gasteiger charge is -2.22. The van der Waals surface area contributed by atoms with E-state index in [2.05, 4.69) is 42.8 Å². The highest BCUT2D eigenvalue weighted by atomic mass is 35.5. The first-order valence-corrected chi connectivity index (χ1v) is 14.8. The van der Waals surface area contributed by atoms with E-state index in [1.165, 1.54) is 0 Å². The molecule has 3 N–H and O–H groups in total. The predicted octanol–water partition coefficient (Wildman–Crippen LogP) is 5.42. The number of nitrogens with zero attached hydrogens (tertiary/aromatic N) is 4. The molecule has 2 aromatic heterocycles. The average molecular weight is 568 g/mol. The Kier molecular flexibility index (Phi) is 10.5.